The van der Waals surface area contributed by atoms with E-state index < -0.39 is 22.0 Å². The number of aryl methyl sites for hydroxylation is 1. The second kappa shape index (κ2) is 6.47. The maximum atomic E-state index is 12.3. The first-order chi connectivity index (χ1) is 10.3. The fourth-order valence-corrected chi connectivity index (χ4v) is 4.55. The second-order valence-corrected chi connectivity index (χ2v) is 7.60. The number of nitrogens with one attached hydrogen (secondary N) is 1. The van der Waals surface area contributed by atoms with Crippen molar-refractivity contribution in [3.8, 4) is 5.75 Å². The number of hydrogen-bond donors (Lipinski definition) is 3. The number of aliphatic carboxylic acids is 1. The van der Waals surface area contributed by atoms with E-state index in [9.17, 15) is 23.4 Å². The van der Waals surface area contributed by atoms with Gasteiger partial charge in [0, 0.05) is 0 Å². The summed E-state index contributed by atoms with van der Waals surface area (Å²) in [7, 11) is -3.88. The Kier molecular flexibility index (Phi) is 4.84. The van der Waals surface area contributed by atoms with E-state index in [-0.39, 0.29) is 16.4 Å². The van der Waals surface area contributed by atoms with Crippen molar-refractivity contribution in [2.24, 2.45) is 0 Å². The summed E-state index contributed by atoms with van der Waals surface area (Å²) in [5.74, 6) is -1.20. The fraction of sp³-hybridized carbons (Fsp3) is 0.214. The van der Waals surface area contributed by atoms with Gasteiger partial charge in [0.05, 0.1) is 0 Å². The standard InChI is InChI=1S/C14H15NO5S2/c1-9-6-7-21-14(9)22(19,20)15-12(13(17)18)8-10-2-4-11(16)5-3-10/h2-7,12,15-16H,8H2,1H3,(H,17,18)/t12-/m0/s1. The molecular weight excluding hydrogens is 326 g/mol. The Bertz CT molecular complexity index is 765. The van der Waals surface area contributed by atoms with Crippen LogP contribution in [0.4, 0.5) is 0 Å². The quantitative estimate of drug-likeness (QED) is 0.742. The zero-order chi connectivity index (χ0) is 16.3. The van der Waals surface area contributed by atoms with Crippen molar-refractivity contribution in [2.45, 2.75) is 23.6 Å². The number of thiophene rings is 1. The van der Waals surface area contributed by atoms with Crippen molar-refractivity contribution in [2.75, 3.05) is 0 Å². The number of phenols is 1. The molecule has 0 aliphatic carbocycles. The molecule has 1 atom stereocenters. The van der Waals surface area contributed by atoms with Gasteiger partial charge in [0.25, 0.3) is 10.0 Å². The number of carbonyl (C=O) groups is 1. The van der Waals surface area contributed by atoms with E-state index in [2.05, 4.69) is 4.72 Å². The van der Waals surface area contributed by atoms with Crippen LogP contribution in [0, 0.1) is 6.92 Å². The number of aromatic hydroxyl groups is 1. The maximum Gasteiger partial charge on any atom is 0.322 e. The summed E-state index contributed by atoms with van der Waals surface area (Å²) >= 11 is 1.04. The van der Waals surface area contributed by atoms with Crippen LogP contribution in [0.1, 0.15) is 11.1 Å². The monoisotopic (exact) mass is 341 g/mol. The van der Waals surface area contributed by atoms with E-state index in [4.69, 9.17) is 0 Å². The third kappa shape index (κ3) is 3.85. The Morgan fingerprint density at radius 3 is 2.41 bits per heavy atom. The van der Waals surface area contributed by atoms with Gasteiger partial charge in [0.2, 0.25) is 0 Å². The van der Waals surface area contributed by atoms with Crippen LogP contribution < -0.4 is 4.72 Å². The Hall–Kier alpha value is -1.90. The normalized spacial score (nSPS) is 13.0. The zero-order valence-corrected chi connectivity index (χ0v) is 13.3. The third-order valence-electron chi connectivity index (χ3n) is 3.03. The molecule has 3 N–H and O–H groups in total. The smallest absolute Gasteiger partial charge is 0.322 e. The van der Waals surface area contributed by atoms with E-state index >= 15 is 0 Å². The van der Waals surface area contributed by atoms with Crippen LogP contribution in [-0.4, -0.2) is 30.6 Å². The van der Waals surface area contributed by atoms with Gasteiger partial charge in [-0.2, -0.15) is 4.72 Å². The minimum Gasteiger partial charge on any atom is -0.508 e. The van der Waals surface area contributed by atoms with Gasteiger partial charge in [-0.05, 0) is 48.1 Å². The minimum atomic E-state index is -3.88. The molecule has 0 spiro atoms. The number of sulfonamides is 1. The van der Waals surface area contributed by atoms with Crippen LogP contribution in [0.2, 0.25) is 0 Å². The third-order valence-corrected chi connectivity index (χ3v) is 6.19. The summed E-state index contributed by atoms with van der Waals surface area (Å²) < 4.78 is 26.9. The average molecular weight is 341 g/mol. The van der Waals surface area contributed by atoms with Gasteiger partial charge in [-0.25, -0.2) is 8.42 Å². The lowest BCUT2D eigenvalue weighted by Crippen LogP contribution is -2.42. The van der Waals surface area contributed by atoms with Crippen LogP contribution in [0.15, 0.2) is 39.9 Å². The lowest BCUT2D eigenvalue weighted by molar-refractivity contribution is -0.138. The van der Waals surface area contributed by atoms with Crippen molar-refractivity contribution in [1.82, 2.24) is 4.72 Å². The molecule has 0 fully saturated rings. The van der Waals surface area contributed by atoms with E-state index in [1.807, 2.05) is 0 Å². The van der Waals surface area contributed by atoms with Crippen LogP contribution in [-0.2, 0) is 21.2 Å². The summed E-state index contributed by atoms with van der Waals surface area (Å²) in [6.07, 6.45) is -0.0146. The summed E-state index contributed by atoms with van der Waals surface area (Å²) in [5.41, 5.74) is 1.18. The summed E-state index contributed by atoms with van der Waals surface area (Å²) in [4.78, 5) is 11.3. The van der Waals surface area contributed by atoms with Crippen molar-refractivity contribution >= 4 is 27.3 Å². The van der Waals surface area contributed by atoms with E-state index in [1.165, 1.54) is 12.1 Å². The molecule has 0 saturated carbocycles. The number of hydrogen-bond acceptors (Lipinski definition) is 5. The number of phenolic OH excluding ortho intramolecular Hbond substituents is 1. The highest BCUT2D eigenvalue weighted by molar-refractivity contribution is 7.91. The summed E-state index contributed by atoms with van der Waals surface area (Å²) in [6.45, 7) is 1.65. The predicted octanol–water partition coefficient (Wildman–Crippen LogP) is 1.74. The van der Waals surface area contributed by atoms with Gasteiger partial charge in [0.1, 0.15) is 16.0 Å². The molecule has 2 rings (SSSR count). The van der Waals surface area contributed by atoms with Crippen molar-refractivity contribution < 1.29 is 23.4 Å². The highest BCUT2D eigenvalue weighted by Crippen LogP contribution is 2.22. The van der Waals surface area contributed by atoms with Crippen LogP contribution >= 0.6 is 11.3 Å². The Balaban J connectivity index is 2.21. The largest absolute Gasteiger partial charge is 0.508 e. The van der Waals surface area contributed by atoms with Crippen LogP contribution in [0.25, 0.3) is 0 Å². The lowest BCUT2D eigenvalue weighted by atomic mass is 10.1. The van der Waals surface area contributed by atoms with Crippen molar-refractivity contribution in [3.05, 3.63) is 46.8 Å². The Morgan fingerprint density at radius 1 is 1.27 bits per heavy atom. The second-order valence-electron chi connectivity index (χ2n) is 4.77. The van der Waals surface area contributed by atoms with E-state index in [1.54, 1.807) is 30.5 Å². The van der Waals surface area contributed by atoms with Gasteiger partial charge in [-0.1, -0.05) is 12.1 Å². The molecule has 0 amide bonds. The van der Waals surface area contributed by atoms with Gasteiger partial charge in [-0.15, -0.1) is 11.3 Å². The zero-order valence-electron chi connectivity index (χ0n) is 11.7. The molecule has 2 aromatic rings. The molecule has 0 radical (unpaired) electrons. The van der Waals surface area contributed by atoms with Crippen molar-refractivity contribution in [1.29, 1.82) is 0 Å². The van der Waals surface area contributed by atoms with Crippen molar-refractivity contribution in [3.63, 3.8) is 0 Å². The molecule has 0 bridgehead atoms. The molecular formula is C14H15NO5S2. The van der Waals surface area contributed by atoms with Gasteiger partial charge in [0.15, 0.2) is 0 Å². The maximum absolute atomic E-state index is 12.3. The highest BCUT2D eigenvalue weighted by Gasteiger charge is 2.27. The predicted molar refractivity (Wildman–Crippen MR) is 82.6 cm³/mol. The summed E-state index contributed by atoms with van der Waals surface area (Å²) in [6, 6.07) is 6.33. The molecule has 22 heavy (non-hydrogen) atoms. The molecule has 1 aromatic heterocycles. The van der Waals surface area contributed by atoms with E-state index in [0.29, 0.717) is 11.1 Å². The lowest BCUT2D eigenvalue weighted by Gasteiger charge is -2.14. The molecule has 0 aliphatic heterocycles. The molecule has 0 saturated heterocycles. The SMILES string of the molecule is Cc1ccsc1S(=O)(=O)N[C@@H](Cc1ccc(O)cc1)C(=O)O. The molecule has 6 nitrogen and oxygen atoms in total. The molecule has 8 heteroatoms. The first-order valence-electron chi connectivity index (χ1n) is 6.37. The van der Waals surface area contributed by atoms with E-state index in [0.717, 1.165) is 11.3 Å². The van der Waals surface area contributed by atoms with Gasteiger partial charge < -0.3 is 10.2 Å². The first-order valence-corrected chi connectivity index (χ1v) is 8.73. The van der Waals surface area contributed by atoms with Gasteiger partial charge >= 0.3 is 5.97 Å². The Morgan fingerprint density at radius 2 is 1.91 bits per heavy atom. The minimum absolute atomic E-state index is 0.0146. The molecule has 118 valence electrons. The molecule has 0 unspecified atom stereocenters. The highest BCUT2D eigenvalue weighted by atomic mass is 32.2. The Labute approximate surface area is 132 Å². The topological polar surface area (TPSA) is 104 Å². The number of benzene rings is 1. The molecule has 0 aliphatic rings. The van der Waals surface area contributed by atoms with Crippen LogP contribution in [0.5, 0.6) is 5.75 Å². The summed E-state index contributed by atoms with van der Waals surface area (Å²) in [5, 5.41) is 20.1. The number of rotatable bonds is 6. The fourth-order valence-electron chi connectivity index (χ4n) is 1.92. The average Bonchev–Trinajstić information content (AvgIpc) is 2.87. The molecule has 1 aromatic carbocycles. The van der Waals surface area contributed by atoms with Crippen LogP contribution in [0.3, 0.4) is 0 Å². The number of carboxylic acids is 1. The van der Waals surface area contributed by atoms with Gasteiger partial charge in [-0.3, -0.25) is 4.79 Å². The molecule has 1 heterocycles. The number of carboxylic acid groups (broad SMARTS) is 1. The first kappa shape index (κ1) is 16.5.